The Kier molecular flexibility index (Phi) is 7.23. The van der Waals surface area contributed by atoms with Crippen molar-refractivity contribution in [2.24, 2.45) is 11.3 Å². The predicted octanol–water partition coefficient (Wildman–Crippen LogP) is 6.34. The van der Waals surface area contributed by atoms with Crippen LogP contribution >= 0.6 is 0 Å². The predicted molar refractivity (Wildman–Crippen MR) is 78.3 cm³/mol. The highest BCUT2D eigenvalue weighted by molar-refractivity contribution is 4.74. The summed E-state index contributed by atoms with van der Waals surface area (Å²) in [5, 5.41) is 0. The molecule has 0 saturated heterocycles. The van der Waals surface area contributed by atoms with E-state index in [9.17, 15) is 0 Å². The Morgan fingerprint density at radius 2 is 0.824 bits per heavy atom. The van der Waals surface area contributed by atoms with Crippen molar-refractivity contribution >= 4 is 0 Å². The summed E-state index contributed by atoms with van der Waals surface area (Å²) in [5.74, 6) is 0.961. The second-order valence-electron chi connectivity index (χ2n) is 7.18. The molecule has 0 bridgehead atoms. The topological polar surface area (TPSA) is 0 Å². The van der Waals surface area contributed by atoms with Gasteiger partial charge in [-0.15, -0.1) is 0 Å². The third-order valence-electron chi connectivity index (χ3n) is 4.58. The Bertz CT molecular complexity index is 161. The zero-order valence-electron chi connectivity index (χ0n) is 12.6. The van der Waals surface area contributed by atoms with Crippen LogP contribution in [0.15, 0.2) is 0 Å². The zero-order valence-corrected chi connectivity index (χ0v) is 12.6. The van der Waals surface area contributed by atoms with Gasteiger partial charge in [-0.1, -0.05) is 85.0 Å². The van der Waals surface area contributed by atoms with Crippen LogP contribution in [0, 0.1) is 11.3 Å². The lowest BCUT2D eigenvalue weighted by Crippen LogP contribution is -2.20. The van der Waals surface area contributed by atoms with Crippen molar-refractivity contribution in [3.8, 4) is 0 Å². The number of hydrogen-bond acceptors (Lipinski definition) is 0. The Hall–Kier alpha value is 0. The highest BCUT2D eigenvalue weighted by Gasteiger charge is 2.23. The molecule has 1 saturated carbocycles. The first-order valence-electron chi connectivity index (χ1n) is 8.11. The number of rotatable bonds is 0. The molecule has 17 heavy (non-hydrogen) atoms. The molecule has 0 N–H and O–H groups in total. The van der Waals surface area contributed by atoms with Crippen LogP contribution in [0.3, 0.4) is 0 Å². The molecular formula is C17H34. The van der Waals surface area contributed by atoms with Gasteiger partial charge in [-0.2, -0.15) is 0 Å². The molecule has 1 rings (SSSR count). The molecular weight excluding hydrogens is 204 g/mol. The van der Waals surface area contributed by atoms with Gasteiger partial charge in [0.25, 0.3) is 0 Å². The van der Waals surface area contributed by atoms with E-state index in [0.717, 1.165) is 5.92 Å². The maximum absolute atomic E-state index is 2.44. The first kappa shape index (κ1) is 15.1. The molecule has 0 atom stereocenters. The Morgan fingerprint density at radius 1 is 0.529 bits per heavy atom. The van der Waals surface area contributed by atoms with Crippen molar-refractivity contribution in [3.05, 3.63) is 0 Å². The van der Waals surface area contributed by atoms with Gasteiger partial charge in [0.1, 0.15) is 0 Å². The fourth-order valence-corrected chi connectivity index (χ4v) is 3.21. The highest BCUT2D eigenvalue weighted by Crippen LogP contribution is 2.34. The molecule has 0 radical (unpaired) electrons. The van der Waals surface area contributed by atoms with Crippen LogP contribution < -0.4 is 0 Å². The van der Waals surface area contributed by atoms with Crippen LogP contribution in [-0.2, 0) is 0 Å². The fraction of sp³-hybridized carbons (Fsp3) is 1.00. The average Bonchev–Trinajstić information content (AvgIpc) is 2.27. The van der Waals surface area contributed by atoms with Gasteiger partial charge < -0.3 is 0 Å². The maximum atomic E-state index is 2.44. The molecule has 1 fully saturated rings. The molecule has 0 aliphatic heterocycles. The zero-order chi connectivity index (χ0) is 12.6. The lowest BCUT2D eigenvalue weighted by Gasteiger charge is -2.31. The van der Waals surface area contributed by atoms with E-state index in [1.54, 1.807) is 0 Å². The van der Waals surface area contributed by atoms with E-state index >= 15 is 0 Å². The van der Waals surface area contributed by atoms with Crippen LogP contribution in [0.2, 0.25) is 0 Å². The van der Waals surface area contributed by atoms with E-state index in [1.807, 2.05) is 0 Å². The molecule has 0 spiro atoms. The molecule has 0 heteroatoms. The summed E-state index contributed by atoms with van der Waals surface area (Å²) >= 11 is 0. The van der Waals surface area contributed by atoms with Gasteiger partial charge in [-0.25, -0.2) is 0 Å². The molecule has 0 unspecified atom stereocenters. The first-order valence-corrected chi connectivity index (χ1v) is 8.11. The van der Waals surface area contributed by atoms with Crippen molar-refractivity contribution in [2.45, 2.75) is 97.8 Å². The van der Waals surface area contributed by atoms with Crippen LogP contribution in [0.1, 0.15) is 97.8 Å². The van der Waals surface area contributed by atoms with Gasteiger partial charge in [0.05, 0.1) is 0 Å². The molecule has 0 aromatic heterocycles. The summed E-state index contributed by atoms with van der Waals surface area (Å²) in [4.78, 5) is 0. The van der Waals surface area contributed by atoms with E-state index < -0.39 is 0 Å². The third-order valence-corrected chi connectivity index (χ3v) is 4.58. The van der Waals surface area contributed by atoms with Crippen LogP contribution in [-0.4, -0.2) is 0 Å². The van der Waals surface area contributed by atoms with Crippen LogP contribution in [0.25, 0.3) is 0 Å². The van der Waals surface area contributed by atoms with Gasteiger partial charge >= 0.3 is 0 Å². The van der Waals surface area contributed by atoms with Crippen molar-refractivity contribution in [1.29, 1.82) is 0 Å². The van der Waals surface area contributed by atoms with Crippen molar-refractivity contribution in [1.82, 2.24) is 0 Å². The second-order valence-corrected chi connectivity index (χ2v) is 7.18. The van der Waals surface area contributed by atoms with Gasteiger partial charge in [-0.3, -0.25) is 0 Å². The Morgan fingerprint density at radius 3 is 1.12 bits per heavy atom. The number of hydrogen-bond donors (Lipinski definition) is 0. The van der Waals surface area contributed by atoms with Gasteiger partial charge in [-0.05, 0) is 24.2 Å². The molecule has 1 aliphatic carbocycles. The average molecular weight is 238 g/mol. The molecule has 0 aromatic rings. The van der Waals surface area contributed by atoms with Crippen LogP contribution in [0.4, 0.5) is 0 Å². The fourth-order valence-electron chi connectivity index (χ4n) is 3.21. The summed E-state index contributed by atoms with van der Waals surface area (Å²) in [6.07, 6.45) is 17.8. The maximum Gasteiger partial charge on any atom is -0.0354 e. The molecule has 0 aromatic carbocycles. The van der Waals surface area contributed by atoms with Gasteiger partial charge in [0.2, 0.25) is 0 Å². The van der Waals surface area contributed by atoms with Gasteiger partial charge in [0.15, 0.2) is 0 Å². The third kappa shape index (κ3) is 7.11. The lowest BCUT2D eigenvalue weighted by molar-refractivity contribution is 0.201. The Balaban J connectivity index is 2.36. The minimum atomic E-state index is 0.528. The second kappa shape index (κ2) is 8.16. The summed E-state index contributed by atoms with van der Waals surface area (Å²) in [6, 6.07) is 0. The van der Waals surface area contributed by atoms with Crippen molar-refractivity contribution in [2.75, 3.05) is 0 Å². The van der Waals surface area contributed by atoms with E-state index in [4.69, 9.17) is 0 Å². The molecule has 0 nitrogen and oxygen atoms in total. The van der Waals surface area contributed by atoms with E-state index in [-0.39, 0.29) is 0 Å². The molecule has 102 valence electrons. The SMILES string of the molecule is CC(C)(C)C1CCCCCCCCCCCC1. The normalized spacial score (nSPS) is 23.5. The van der Waals surface area contributed by atoms with E-state index in [2.05, 4.69) is 20.8 Å². The molecule has 0 heterocycles. The van der Waals surface area contributed by atoms with E-state index in [1.165, 1.54) is 77.0 Å². The molecule has 1 aliphatic rings. The van der Waals surface area contributed by atoms with E-state index in [0.29, 0.717) is 5.41 Å². The standard InChI is InChI=1S/C17H34/c1-17(2,3)16-14-12-10-8-6-4-5-7-9-11-13-15-16/h16H,4-15H2,1-3H3. The minimum absolute atomic E-state index is 0.528. The highest BCUT2D eigenvalue weighted by atomic mass is 14.3. The smallest absolute Gasteiger partial charge is 0.0354 e. The summed E-state index contributed by atoms with van der Waals surface area (Å²) < 4.78 is 0. The van der Waals surface area contributed by atoms with Crippen molar-refractivity contribution in [3.63, 3.8) is 0 Å². The molecule has 0 amide bonds. The first-order chi connectivity index (χ1) is 8.11. The summed E-state index contributed by atoms with van der Waals surface area (Å²) in [5.41, 5.74) is 0.528. The summed E-state index contributed by atoms with van der Waals surface area (Å²) in [7, 11) is 0. The van der Waals surface area contributed by atoms with Gasteiger partial charge in [0, 0.05) is 0 Å². The Labute approximate surface area is 110 Å². The monoisotopic (exact) mass is 238 g/mol. The van der Waals surface area contributed by atoms with Crippen molar-refractivity contribution < 1.29 is 0 Å². The summed E-state index contributed by atoms with van der Waals surface area (Å²) in [6.45, 7) is 7.32. The quantitative estimate of drug-likeness (QED) is 0.461. The van der Waals surface area contributed by atoms with Crippen LogP contribution in [0.5, 0.6) is 0 Å². The minimum Gasteiger partial charge on any atom is -0.0599 e. The lowest BCUT2D eigenvalue weighted by atomic mass is 9.75. The largest absolute Gasteiger partial charge is 0.0599 e.